The maximum absolute atomic E-state index is 10.6. The van der Waals surface area contributed by atoms with Crippen molar-refractivity contribution in [3.05, 3.63) is 36.8 Å². The summed E-state index contributed by atoms with van der Waals surface area (Å²) in [7, 11) is 0. The number of halogens is 1. The van der Waals surface area contributed by atoms with Crippen molar-refractivity contribution in [2.24, 2.45) is 0 Å². The molecule has 0 saturated heterocycles. The molecule has 1 aromatic heterocycles. The predicted octanol–water partition coefficient (Wildman–Crippen LogP) is 3.72. The van der Waals surface area contributed by atoms with Crippen LogP contribution < -0.4 is 0 Å². The topological polar surface area (TPSA) is 43.1 Å². The number of hydrogen-bond acceptors (Lipinski definition) is 3. The summed E-state index contributed by atoms with van der Waals surface area (Å²) in [5.41, 5.74) is 1.15. The summed E-state index contributed by atoms with van der Waals surface area (Å²) in [5.74, 6) is 0. The average molecular weight is 319 g/mol. The molecule has 0 aliphatic rings. The van der Waals surface area contributed by atoms with Gasteiger partial charge < -0.3 is 0 Å². The number of nitrogens with zero attached hydrogens (tertiary/aromatic N) is 1. The molecule has 0 radical (unpaired) electrons. The summed E-state index contributed by atoms with van der Waals surface area (Å²) >= 11 is 3.83. The van der Waals surface area contributed by atoms with Crippen LogP contribution in [0.3, 0.4) is 0 Å². The van der Waals surface area contributed by atoms with Crippen LogP contribution >= 0.6 is 33.9 Å². The minimum absolute atomic E-state index is 0.173. The van der Waals surface area contributed by atoms with Crippen LogP contribution in [0.25, 0.3) is 10.1 Å². The molecule has 5 heteroatoms. The number of nitro groups is 1. The molecular formula is C9H6INO2S. The highest BCUT2D eigenvalue weighted by Gasteiger charge is 2.12. The average Bonchev–Trinajstić information content (AvgIpc) is 2.48. The third-order valence-electron chi connectivity index (χ3n) is 2.01. The zero-order valence-corrected chi connectivity index (χ0v) is 10.3. The molecule has 72 valence electrons. The van der Waals surface area contributed by atoms with Crippen molar-refractivity contribution in [1.29, 1.82) is 0 Å². The van der Waals surface area contributed by atoms with Crippen molar-refractivity contribution in [2.75, 3.05) is 0 Å². The molecule has 0 fully saturated rings. The SMILES string of the molecule is Cc1cc([N+](=O)[O-])cc2c(I)csc12. The van der Waals surface area contributed by atoms with Crippen molar-refractivity contribution >= 4 is 49.7 Å². The lowest BCUT2D eigenvalue weighted by Crippen LogP contribution is -1.88. The van der Waals surface area contributed by atoms with Crippen LogP contribution in [0.15, 0.2) is 17.5 Å². The fourth-order valence-corrected chi connectivity index (χ4v) is 3.25. The van der Waals surface area contributed by atoms with E-state index in [9.17, 15) is 10.1 Å². The summed E-state index contributed by atoms with van der Waals surface area (Å²) in [4.78, 5) is 10.3. The van der Waals surface area contributed by atoms with Crippen molar-refractivity contribution in [1.82, 2.24) is 0 Å². The number of aryl methyl sites for hydroxylation is 1. The highest BCUT2D eigenvalue weighted by Crippen LogP contribution is 2.33. The lowest BCUT2D eigenvalue weighted by Gasteiger charge is -1.97. The van der Waals surface area contributed by atoms with Crippen LogP contribution in [-0.2, 0) is 0 Å². The predicted molar refractivity (Wildman–Crippen MR) is 65.9 cm³/mol. The number of benzene rings is 1. The minimum atomic E-state index is -0.347. The van der Waals surface area contributed by atoms with E-state index in [0.29, 0.717) is 0 Å². The smallest absolute Gasteiger partial charge is 0.258 e. The van der Waals surface area contributed by atoms with Gasteiger partial charge in [0.2, 0.25) is 0 Å². The molecule has 0 atom stereocenters. The van der Waals surface area contributed by atoms with E-state index in [1.54, 1.807) is 23.5 Å². The Morgan fingerprint density at radius 2 is 2.21 bits per heavy atom. The molecule has 0 spiro atoms. The molecule has 1 heterocycles. The van der Waals surface area contributed by atoms with E-state index in [1.807, 2.05) is 12.3 Å². The molecule has 2 aromatic rings. The Morgan fingerprint density at radius 3 is 2.86 bits per heavy atom. The number of nitro benzene ring substituents is 1. The third-order valence-corrected chi connectivity index (χ3v) is 4.45. The number of fused-ring (bicyclic) bond motifs is 1. The summed E-state index contributed by atoms with van der Waals surface area (Å²) in [6.45, 7) is 1.90. The van der Waals surface area contributed by atoms with E-state index in [-0.39, 0.29) is 10.6 Å². The van der Waals surface area contributed by atoms with Crippen molar-refractivity contribution < 1.29 is 4.92 Å². The first-order chi connectivity index (χ1) is 6.59. The van der Waals surface area contributed by atoms with Crippen LogP contribution in [0.2, 0.25) is 0 Å². The zero-order chi connectivity index (χ0) is 10.3. The van der Waals surface area contributed by atoms with E-state index < -0.39 is 0 Å². The molecule has 0 N–H and O–H groups in total. The molecule has 0 bridgehead atoms. The Kier molecular flexibility index (Phi) is 2.44. The van der Waals surface area contributed by atoms with Gasteiger partial charge >= 0.3 is 0 Å². The lowest BCUT2D eigenvalue weighted by atomic mass is 10.1. The molecule has 0 unspecified atom stereocenters. The molecule has 14 heavy (non-hydrogen) atoms. The normalized spacial score (nSPS) is 10.7. The van der Waals surface area contributed by atoms with Crippen LogP contribution in [0, 0.1) is 20.6 Å². The van der Waals surface area contributed by atoms with E-state index in [2.05, 4.69) is 22.6 Å². The van der Waals surface area contributed by atoms with Crippen LogP contribution in [0.5, 0.6) is 0 Å². The first-order valence-corrected chi connectivity index (χ1v) is 5.87. The van der Waals surface area contributed by atoms with Gasteiger partial charge in [0.05, 0.1) is 4.92 Å². The summed E-state index contributed by atoms with van der Waals surface area (Å²) in [5, 5.41) is 13.6. The molecular weight excluding hydrogens is 313 g/mol. The molecule has 0 aliphatic carbocycles. The van der Waals surface area contributed by atoms with Gasteiger partial charge in [-0.3, -0.25) is 10.1 Å². The van der Waals surface area contributed by atoms with Crippen LogP contribution in [0.4, 0.5) is 5.69 Å². The highest BCUT2D eigenvalue weighted by atomic mass is 127. The monoisotopic (exact) mass is 319 g/mol. The van der Waals surface area contributed by atoms with E-state index in [4.69, 9.17) is 0 Å². The van der Waals surface area contributed by atoms with Gasteiger partial charge in [-0.25, -0.2) is 0 Å². The number of non-ortho nitro benzene ring substituents is 1. The summed E-state index contributed by atoms with van der Waals surface area (Å²) in [6, 6.07) is 3.26. The van der Waals surface area contributed by atoms with Gasteiger partial charge in [0.15, 0.2) is 0 Å². The van der Waals surface area contributed by atoms with Gasteiger partial charge in [0, 0.05) is 31.2 Å². The minimum Gasteiger partial charge on any atom is -0.258 e. The Morgan fingerprint density at radius 1 is 1.50 bits per heavy atom. The second kappa shape index (κ2) is 3.47. The van der Waals surface area contributed by atoms with E-state index in [1.165, 1.54) is 0 Å². The van der Waals surface area contributed by atoms with Crippen LogP contribution in [-0.4, -0.2) is 4.92 Å². The quantitative estimate of drug-likeness (QED) is 0.457. The first kappa shape index (κ1) is 9.85. The molecule has 1 aromatic carbocycles. The molecule has 0 aliphatic heterocycles. The maximum atomic E-state index is 10.6. The van der Waals surface area contributed by atoms with E-state index >= 15 is 0 Å². The standard InChI is InChI=1S/C9H6INO2S/c1-5-2-6(11(12)13)3-7-8(10)4-14-9(5)7/h2-4H,1H3. The molecule has 2 rings (SSSR count). The van der Waals surface area contributed by atoms with Crippen molar-refractivity contribution in [3.63, 3.8) is 0 Å². The Bertz CT molecular complexity index is 521. The number of rotatable bonds is 1. The highest BCUT2D eigenvalue weighted by molar-refractivity contribution is 14.1. The zero-order valence-electron chi connectivity index (χ0n) is 7.28. The van der Waals surface area contributed by atoms with Gasteiger partial charge in [0.1, 0.15) is 0 Å². The lowest BCUT2D eigenvalue weighted by molar-refractivity contribution is -0.384. The maximum Gasteiger partial charge on any atom is 0.270 e. The van der Waals surface area contributed by atoms with Gasteiger partial charge in [-0.05, 0) is 35.1 Å². The second-order valence-electron chi connectivity index (χ2n) is 2.98. The number of thiophene rings is 1. The molecule has 0 amide bonds. The third kappa shape index (κ3) is 1.50. The first-order valence-electron chi connectivity index (χ1n) is 3.91. The van der Waals surface area contributed by atoms with Gasteiger partial charge in [0.25, 0.3) is 5.69 Å². The Labute approximate surface area is 98.0 Å². The number of hydrogen-bond donors (Lipinski definition) is 0. The second-order valence-corrected chi connectivity index (χ2v) is 5.02. The Balaban J connectivity index is 2.82. The molecule has 0 saturated carbocycles. The molecule has 3 nitrogen and oxygen atoms in total. The van der Waals surface area contributed by atoms with Gasteiger partial charge in [-0.15, -0.1) is 11.3 Å². The van der Waals surface area contributed by atoms with Crippen LogP contribution in [0.1, 0.15) is 5.56 Å². The summed E-state index contributed by atoms with van der Waals surface area (Å²) < 4.78 is 2.22. The fourth-order valence-electron chi connectivity index (χ4n) is 1.37. The van der Waals surface area contributed by atoms with Gasteiger partial charge in [-0.1, -0.05) is 0 Å². The van der Waals surface area contributed by atoms with Crippen molar-refractivity contribution in [3.8, 4) is 0 Å². The largest absolute Gasteiger partial charge is 0.270 e. The van der Waals surface area contributed by atoms with Gasteiger partial charge in [-0.2, -0.15) is 0 Å². The van der Waals surface area contributed by atoms with E-state index in [0.717, 1.165) is 19.2 Å². The summed E-state index contributed by atoms with van der Waals surface area (Å²) in [6.07, 6.45) is 0. The van der Waals surface area contributed by atoms with Crippen molar-refractivity contribution in [2.45, 2.75) is 6.92 Å². The Hall–Kier alpha value is -0.690. The fraction of sp³-hybridized carbons (Fsp3) is 0.111.